The summed E-state index contributed by atoms with van der Waals surface area (Å²) in [4.78, 5) is 9.94. The fourth-order valence-corrected chi connectivity index (χ4v) is 4.87. The van der Waals surface area contributed by atoms with Crippen molar-refractivity contribution in [3.63, 3.8) is 0 Å². The molecule has 5 nitrogen and oxygen atoms in total. The lowest BCUT2D eigenvalue weighted by molar-refractivity contribution is 0.0115. The lowest BCUT2D eigenvalue weighted by Crippen LogP contribution is -2.49. The minimum atomic E-state index is 0.704. The fourth-order valence-electron chi connectivity index (χ4n) is 3.76. The molecule has 130 valence electrons. The van der Waals surface area contributed by atoms with Gasteiger partial charge in [-0.05, 0) is 31.4 Å². The zero-order valence-electron chi connectivity index (χ0n) is 14.5. The molecular weight excluding hydrogens is 322 g/mol. The van der Waals surface area contributed by atoms with E-state index in [1.54, 1.807) is 18.4 Å². The summed E-state index contributed by atoms with van der Waals surface area (Å²) in [5.74, 6) is 0.876. The molecule has 0 amide bonds. The molecule has 24 heavy (non-hydrogen) atoms. The number of benzene rings is 1. The number of anilines is 1. The van der Waals surface area contributed by atoms with E-state index in [0.717, 1.165) is 55.8 Å². The van der Waals surface area contributed by atoms with Crippen molar-refractivity contribution in [3.8, 4) is 5.75 Å². The summed E-state index contributed by atoms with van der Waals surface area (Å²) in [5, 5.41) is 1.14. The number of aryl methyl sites for hydroxylation is 1. The van der Waals surface area contributed by atoms with Gasteiger partial charge in [-0.25, -0.2) is 4.98 Å². The molecule has 0 bridgehead atoms. The smallest absolute Gasteiger partial charge is 0.186 e. The van der Waals surface area contributed by atoms with Crippen molar-refractivity contribution in [2.24, 2.45) is 0 Å². The largest absolute Gasteiger partial charge is 0.494 e. The van der Waals surface area contributed by atoms with Gasteiger partial charge in [-0.2, -0.15) is 0 Å². The van der Waals surface area contributed by atoms with E-state index in [4.69, 9.17) is 14.5 Å². The number of hydrogen-bond donors (Lipinski definition) is 0. The lowest BCUT2D eigenvalue weighted by Gasteiger charge is -2.40. The van der Waals surface area contributed by atoms with Crippen molar-refractivity contribution >= 4 is 26.7 Å². The van der Waals surface area contributed by atoms with Crippen molar-refractivity contribution in [1.29, 1.82) is 0 Å². The third-order valence-corrected chi connectivity index (χ3v) is 6.46. The molecule has 3 heterocycles. The van der Waals surface area contributed by atoms with Gasteiger partial charge in [0.05, 0.1) is 25.0 Å². The normalized spacial score (nSPS) is 20.7. The molecular formula is C18H25N3O2S. The Labute approximate surface area is 147 Å². The van der Waals surface area contributed by atoms with Crippen molar-refractivity contribution in [3.05, 3.63) is 17.7 Å². The van der Waals surface area contributed by atoms with Crippen LogP contribution in [0.2, 0.25) is 0 Å². The van der Waals surface area contributed by atoms with Gasteiger partial charge in [0, 0.05) is 32.2 Å². The molecule has 2 aliphatic heterocycles. The molecule has 0 atom stereocenters. The van der Waals surface area contributed by atoms with Gasteiger partial charge in [0.15, 0.2) is 5.13 Å². The molecule has 6 heteroatoms. The van der Waals surface area contributed by atoms with Crippen molar-refractivity contribution in [1.82, 2.24) is 9.88 Å². The van der Waals surface area contributed by atoms with Gasteiger partial charge in [-0.1, -0.05) is 17.4 Å². The van der Waals surface area contributed by atoms with Crippen LogP contribution >= 0.6 is 11.3 Å². The van der Waals surface area contributed by atoms with Gasteiger partial charge in [0.1, 0.15) is 11.3 Å². The molecule has 0 unspecified atom stereocenters. The Morgan fingerprint density at radius 1 is 1.17 bits per heavy atom. The van der Waals surface area contributed by atoms with E-state index in [-0.39, 0.29) is 0 Å². The van der Waals surface area contributed by atoms with Crippen LogP contribution in [0.4, 0.5) is 5.13 Å². The van der Waals surface area contributed by atoms with Crippen LogP contribution in [0.5, 0.6) is 5.75 Å². The first-order chi connectivity index (χ1) is 11.8. The number of hydrogen-bond acceptors (Lipinski definition) is 6. The number of fused-ring (bicyclic) bond motifs is 1. The van der Waals surface area contributed by atoms with E-state index >= 15 is 0 Å². The second-order valence-corrected chi connectivity index (χ2v) is 7.60. The fraction of sp³-hybridized carbons (Fsp3) is 0.611. The number of ether oxygens (including phenoxy) is 2. The number of methoxy groups -OCH3 is 1. The van der Waals surface area contributed by atoms with Crippen LogP contribution in [0.15, 0.2) is 12.1 Å². The van der Waals surface area contributed by atoms with Gasteiger partial charge in [0.25, 0.3) is 0 Å². The predicted octanol–water partition coefficient (Wildman–Crippen LogP) is 2.91. The SMILES string of the molecule is COc1ccc(C)c2sc(N3CCC(N4CCOCC4)CC3)nc12. The molecule has 2 aromatic rings. The summed E-state index contributed by atoms with van der Waals surface area (Å²) >= 11 is 1.80. The van der Waals surface area contributed by atoms with Crippen LogP contribution in [-0.4, -0.2) is 62.4 Å². The molecule has 1 aromatic heterocycles. The Kier molecular flexibility index (Phi) is 4.61. The van der Waals surface area contributed by atoms with Gasteiger partial charge < -0.3 is 14.4 Å². The quantitative estimate of drug-likeness (QED) is 0.853. The first-order valence-corrected chi connectivity index (χ1v) is 9.59. The summed E-state index contributed by atoms with van der Waals surface area (Å²) in [6.07, 6.45) is 2.43. The maximum atomic E-state index is 5.49. The van der Waals surface area contributed by atoms with Crippen LogP contribution in [0, 0.1) is 6.92 Å². The van der Waals surface area contributed by atoms with Gasteiger partial charge in [-0.15, -0.1) is 0 Å². The number of aromatic nitrogens is 1. The molecule has 2 fully saturated rings. The number of piperidine rings is 1. The number of morpholine rings is 1. The van der Waals surface area contributed by atoms with E-state index in [9.17, 15) is 0 Å². The second-order valence-electron chi connectivity index (χ2n) is 6.63. The Morgan fingerprint density at radius 2 is 1.92 bits per heavy atom. The third-order valence-electron chi connectivity index (χ3n) is 5.21. The molecule has 1 aromatic carbocycles. The van der Waals surface area contributed by atoms with Crippen LogP contribution in [0.1, 0.15) is 18.4 Å². The highest BCUT2D eigenvalue weighted by molar-refractivity contribution is 7.22. The van der Waals surface area contributed by atoms with E-state index in [1.165, 1.54) is 23.1 Å². The standard InChI is InChI=1S/C18H25N3O2S/c1-13-3-4-15(22-2)16-17(13)24-18(19-16)21-7-5-14(6-8-21)20-9-11-23-12-10-20/h3-4,14H,5-12H2,1-2H3. The van der Waals surface area contributed by atoms with Crippen molar-refractivity contribution in [2.45, 2.75) is 25.8 Å². The minimum absolute atomic E-state index is 0.704. The molecule has 0 radical (unpaired) electrons. The second kappa shape index (κ2) is 6.86. The average Bonchev–Trinajstić information content (AvgIpc) is 3.09. The molecule has 0 N–H and O–H groups in total. The summed E-state index contributed by atoms with van der Waals surface area (Å²) in [6.45, 7) is 8.26. The van der Waals surface area contributed by atoms with Gasteiger partial charge >= 0.3 is 0 Å². The van der Waals surface area contributed by atoms with Crippen LogP contribution in [0.3, 0.4) is 0 Å². The molecule has 2 saturated heterocycles. The molecule has 0 spiro atoms. The van der Waals surface area contributed by atoms with Crippen molar-refractivity contribution in [2.75, 3.05) is 51.4 Å². The summed E-state index contributed by atoms with van der Waals surface area (Å²) in [6, 6.07) is 4.84. The number of rotatable bonds is 3. The zero-order valence-corrected chi connectivity index (χ0v) is 15.3. The van der Waals surface area contributed by atoms with Gasteiger partial charge in [-0.3, -0.25) is 4.90 Å². The van der Waals surface area contributed by atoms with Gasteiger partial charge in [0.2, 0.25) is 0 Å². The summed E-state index contributed by atoms with van der Waals surface area (Å²) < 4.78 is 12.2. The topological polar surface area (TPSA) is 37.8 Å². The Balaban J connectivity index is 1.49. The van der Waals surface area contributed by atoms with E-state index in [0.29, 0.717) is 6.04 Å². The highest BCUT2D eigenvalue weighted by Gasteiger charge is 2.27. The number of thiazole rings is 1. The molecule has 4 rings (SSSR count). The third kappa shape index (κ3) is 2.98. The molecule has 2 aliphatic rings. The van der Waals surface area contributed by atoms with E-state index in [2.05, 4.69) is 22.8 Å². The molecule has 0 aliphatic carbocycles. The number of nitrogens with zero attached hydrogens (tertiary/aromatic N) is 3. The summed E-state index contributed by atoms with van der Waals surface area (Å²) in [5.41, 5.74) is 2.28. The Hall–Kier alpha value is -1.37. The zero-order chi connectivity index (χ0) is 16.5. The Bertz CT molecular complexity index is 704. The summed E-state index contributed by atoms with van der Waals surface area (Å²) in [7, 11) is 1.72. The highest BCUT2D eigenvalue weighted by atomic mass is 32.1. The maximum absolute atomic E-state index is 5.49. The van der Waals surface area contributed by atoms with Crippen LogP contribution in [-0.2, 0) is 4.74 Å². The van der Waals surface area contributed by atoms with Crippen LogP contribution in [0.25, 0.3) is 10.2 Å². The Morgan fingerprint density at radius 3 is 2.62 bits per heavy atom. The van der Waals surface area contributed by atoms with E-state index in [1.807, 2.05) is 6.07 Å². The first-order valence-electron chi connectivity index (χ1n) is 8.77. The maximum Gasteiger partial charge on any atom is 0.186 e. The monoisotopic (exact) mass is 347 g/mol. The molecule has 0 saturated carbocycles. The average molecular weight is 347 g/mol. The minimum Gasteiger partial charge on any atom is -0.494 e. The predicted molar refractivity (Wildman–Crippen MR) is 98.5 cm³/mol. The van der Waals surface area contributed by atoms with E-state index < -0.39 is 0 Å². The first kappa shape index (κ1) is 16.1. The van der Waals surface area contributed by atoms with Crippen LogP contribution < -0.4 is 9.64 Å². The lowest BCUT2D eigenvalue weighted by atomic mass is 10.0. The van der Waals surface area contributed by atoms with Crippen molar-refractivity contribution < 1.29 is 9.47 Å². The highest BCUT2D eigenvalue weighted by Crippen LogP contribution is 2.37.